The predicted octanol–water partition coefficient (Wildman–Crippen LogP) is 3.55. The van der Waals surface area contributed by atoms with Crippen LogP contribution in [-0.4, -0.2) is 19.5 Å². The first kappa shape index (κ1) is 16.2. The number of fused-ring (bicyclic) bond motifs is 2. The lowest BCUT2D eigenvalue weighted by Crippen LogP contribution is -2.21. The van der Waals surface area contributed by atoms with Crippen LogP contribution in [0.4, 0.5) is 5.69 Å². The zero-order valence-electron chi connectivity index (χ0n) is 13.3. The molecular formula is C18H11ClN4O3. The number of nitro benzene ring substituents is 1. The summed E-state index contributed by atoms with van der Waals surface area (Å²) in [7, 11) is 0. The van der Waals surface area contributed by atoms with Crippen LogP contribution < -0.4 is 5.56 Å². The molecule has 0 bridgehead atoms. The molecule has 0 saturated heterocycles. The zero-order chi connectivity index (χ0) is 18.3. The number of benzene rings is 2. The summed E-state index contributed by atoms with van der Waals surface area (Å²) in [5.74, 6) is 0. The van der Waals surface area contributed by atoms with Crippen molar-refractivity contribution in [3.8, 4) is 0 Å². The highest BCUT2D eigenvalue weighted by atomic mass is 35.5. The Morgan fingerprint density at radius 2 is 1.96 bits per heavy atom. The van der Waals surface area contributed by atoms with Crippen LogP contribution in [0.5, 0.6) is 0 Å². The van der Waals surface area contributed by atoms with E-state index in [1.165, 1.54) is 29.1 Å². The van der Waals surface area contributed by atoms with Crippen molar-refractivity contribution < 1.29 is 4.92 Å². The summed E-state index contributed by atoms with van der Waals surface area (Å²) in [6, 6.07) is 11.3. The van der Waals surface area contributed by atoms with Crippen LogP contribution in [0.25, 0.3) is 21.8 Å². The van der Waals surface area contributed by atoms with Crippen molar-refractivity contribution in [3.63, 3.8) is 0 Å². The third-order valence-corrected chi connectivity index (χ3v) is 4.49. The van der Waals surface area contributed by atoms with Gasteiger partial charge in [0.1, 0.15) is 0 Å². The second kappa shape index (κ2) is 6.20. The fourth-order valence-corrected chi connectivity index (χ4v) is 3.10. The van der Waals surface area contributed by atoms with Crippen LogP contribution in [0, 0.1) is 10.1 Å². The minimum Gasteiger partial charge on any atom is -0.294 e. The molecule has 0 aliphatic rings. The molecule has 0 spiro atoms. The lowest BCUT2D eigenvalue weighted by atomic mass is 10.1. The quantitative estimate of drug-likeness (QED) is 0.408. The number of halogens is 1. The van der Waals surface area contributed by atoms with Gasteiger partial charge in [0.25, 0.3) is 11.2 Å². The molecule has 8 heteroatoms. The van der Waals surface area contributed by atoms with E-state index in [0.29, 0.717) is 16.1 Å². The molecule has 0 saturated carbocycles. The van der Waals surface area contributed by atoms with E-state index >= 15 is 0 Å². The van der Waals surface area contributed by atoms with Crippen molar-refractivity contribution in [1.82, 2.24) is 14.5 Å². The maximum atomic E-state index is 12.8. The first-order valence-electron chi connectivity index (χ1n) is 7.70. The van der Waals surface area contributed by atoms with Gasteiger partial charge in [-0.15, -0.1) is 0 Å². The number of rotatable bonds is 3. The Hall–Kier alpha value is -3.32. The van der Waals surface area contributed by atoms with Gasteiger partial charge < -0.3 is 0 Å². The molecule has 2 heterocycles. The Bertz CT molecular complexity index is 1240. The molecule has 7 nitrogen and oxygen atoms in total. The van der Waals surface area contributed by atoms with Gasteiger partial charge in [0, 0.05) is 28.7 Å². The van der Waals surface area contributed by atoms with Gasteiger partial charge in [0.2, 0.25) is 0 Å². The highest BCUT2D eigenvalue weighted by Gasteiger charge is 2.12. The van der Waals surface area contributed by atoms with Crippen molar-refractivity contribution in [2.24, 2.45) is 0 Å². The van der Waals surface area contributed by atoms with Crippen LogP contribution in [-0.2, 0) is 6.54 Å². The summed E-state index contributed by atoms with van der Waals surface area (Å²) in [4.78, 5) is 31.8. The molecule has 2 aromatic carbocycles. The molecule has 4 rings (SSSR count). The molecule has 0 unspecified atom stereocenters. The van der Waals surface area contributed by atoms with Gasteiger partial charge in [-0.1, -0.05) is 17.7 Å². The Kier molecular flexibility index (Phi) is 3.85. The minimum atomic E-state index is -0.535. The van der Waals surface area contributed by atoms with E-state index in [4.69, 9.17) is 11.6 Å². The largest absolute Gasteiger partial charge is 0.294 e. The van der Waals surface area contributed by atoms with Crippen molar-refractivity contribution in [2.75, 3.05) is 0 Å². The van der Waals surface area contributed by atoms with Crippen LogP contribution in [0.2, 0.25) is 5.02 Å². The molecule has 128 valence electrons. The van der Waals surface area contributed by atoms with Gasteiger partial charge >= 0.3 is 0 Å². The Labute approximate surface area is 151 Å². The van der Waals surface area contributed by atoms with Crippen molar-refractivity contribution in [3.05, 3.63) is 86.0 Å². The van der Waals surface area contributed by atoms with Gasteiger partial charge in [0.05, 0.1) is 34.2 Å². The molecule has 2 aromatic heterocycles. The van der Waals surface area contributed by atoms with E-state index in [0.717, 1.165) is 10.9 Å². The van der Waals surface area contributed by atoms with Gasteiger partial charge in [0.15, 0.2) is 0 Å². The summed E-state index contributed by atoms with van der Waals surface area (Å²) in [6.07, 6.45) is 3.09. The number of nitro groups is 1. The van der Waals surface area contributed by atoms with Crippen molar-refractivity contribution in [2.45, 2.75) is 6.54 Å². The molecule has 4 aromatic rings. The zero-order valence-corrected chi connectivity index (χ0v) is 14.1. The first-order chi connectivity index (χ1) is 12.5. The van der Waals surface area contributed by atoms with E-state index < -0.39 is 4.92 Å². The second-order valence-electron chi connectivity index (χ2n) is 5.74. The summed E-state index contributed by atoms with van der Waals surface area (Å²) < 4.78 is 1.41. The van der Waals surface area contributed by atoms with E-state index in [2.05, 4.69) is 9.97 Å². The topological polar surface area (TPSA) is 90.9 Å². The van der Waals surface area contributed by atoms with Gasteiger partial charge in [-0.05, 0) is 29.8 Å². The highest BCUT2D eigenvalue weighted by Crippen LogP contribution is 2.25. The number of non-ortho nitro benzene ring substituents is 1. The summed E-state index contributed by atoms with van der Waals surface area (Å²) in [5, 5.41) is 12.5. The van der Waals surface area contributed by atoms with Crippen LogP contribution in [0.3, 0.4) is 0 Å². The van der Waals surface area contributed by atoms with E-state index in [1.807, 2.05) is 12.1 Å². The van der Waals surface area contributed by atoms with Crippen molar-refractivity contribution in [1.29, 1.82) is 0 Å². The number of hydrogen-bond acceptors (Lipinski definition) is 5. The van der Waals surface area contributed by atoms with Crippen LogP contribution in [0.1, 0.15) is 5.56 Å². The molecular weight excluding hydrogens is 356 g/mol. The molecule has 0 aliphatic carbocycles. The predicted molar refractivity (Wildman–Crippen MR) is 98.5 cm³/mol. The fourth-order valence-electron chi connectivity index (χ4n) is 2.88. The minimum absolute atomic E-state index is 0.146. The molecule has 26 heavy (non-hydrogen) atoms. The average Bonchev–Trinajstić information content (AvgIpc) is 2.66. The Morgan fingerprint density at radius 1 is 1.12 bits per heavy atom. The molecule has 0 aliphatic heterocycles. The fraction of sp³-hybridized carbons (Fsp3) is 0.0556. The number of pyridine rings is 1. The molecule has 0 atom stereocenters. The SMILES string of the molecule is O=c1c2cc([N+](=O)[O-])ccc2ncn1Cc1ccc(Cl)c2cccnc12. The number of nitrogens with zero attached hydrogens (tertiary/aromatic N) is 4. The highest BCUT2D eigenvalue weighted by molar-refractivity contribution is 6.35. The summed E-state index contributed by atoms with van der Waals surface area (Å²) >= 11 is 6.20. The van der Waals surface area contributed by atoms with E-state index in [9.17, 15) is 14.9 Å². The molecule has 0 amide bonds. The Balaban J connectivity index is 1.86. The standard InChI is InChI=1S/C18H11ClN4O3/c19-15-5-3-11(17-13(15)2-1-7-20-17)9-22-10-21-16-6-4-12(23(25)26)8-14(16)18(22)24/h1-8,10H,9H2. The van der Waals surface area contributed by atoms with Gasteiger partial charge in [-0.3, -0.25) is 24.5 Å². The second-order valence-corrected chi connectivity index (χ2v) is 6.15. The third-order valence-electron chi connectivity index (χ3n) is 4.16. The molecule has 0 radical (unpaired) electrons. The number of aromatic nitrogens is 3. The third kappa shape index (κ3) is 2.68. The van der Waals surface area contributed by atoms with Crippen molar-refractivity contribution >= 4 is 39.1 Å². The maximum absolute atomic E-state index is 12.8. The lowest BCUT2D eigenvalue weighted by molar-refractivity contribution is -0.384. The smallest absolute Gasteiger partial charge is 0.270 e. The average molecular weight is 367 g/mol. The van der Waals surface area contributed by atoms with Gasteiger partial charge in [-0.25, -0.2) is 4.98 Å². The molecule has 0 fully saturated rings. The first-order valence-corrected chi connectivity index (χ1v) is 8.08. The molecule has 0 N–H and O–H groups in total. The monoisotopic (exact) mass is 366 g/mol. The summed E-state index contributed by atoms with van der Waals surface area (Å²) in [5.41, 5.74) is 1.42. The van der Waals surface area contributed by atoms with E-state index in [1.54, 1.807) is 18.3 Å². The lowest BCUT2D eigenvalue weighted by Gasteiger charge is -2.10. The van der Waals surface area contributed by atoms with Crippen LogP contribution in [0.15, 0.2) is 59.8 Å². The van der Waals surface area contributed by atoms with Crippen LogP contribution >= 0.6 is 11.6 Å². The Morgan fingerprint density at radius 3 is 2.77 bits per heavy atom. The van der Waals surface area contributed by atoms with Gasteiger partial charge in [-0.2, -0.15) is 0 Å². The normalized spacial score (nSPS) is 11.1. The maximum Gasteiger partial charge on any atom is 0.270 e. The van der Waals surface area contributed by atoms with E-state index in [-0.39, 0.29) is 23.2 Å². The number of hydrogen-bond donors (Lipinski definition) is 0. The summed E-state index contributed by atoms with van der Waals surface area (Å²) in [6.45, 7) is 0.231.